The fraction of sp³-hybridized carbons (Fsp3) is 0.688. The average Bonchev–Trinajstić information content (AvgIpc) is 2.27. The first kappa shape index (κ1) is 14.3. The van der Waals surface area contributed by atoms with Crippen LogP contribution in [0.25, 0.3) is 0 Å². The number of aliphatic hydroxyl groups is 1. The van der Waals surface area contributed by atoms with E-state index in [0.29, 0.717) is 11.7 Å². The lowest BCUT2D eigenvalue weighted by Crippen LogP contribution is -2.42. The highest BCUT2D eigenvalue weighted by molar-refractivity contribution is 5.49. The summed E-state index contributed by atoms with van der Waals surface area (Å²) in [6, 6.07) is 2.01. The molecule has 3 nitrogen and oxygen atoms in total. The molecule has 0 aromatic carbocycles. The Balaban J connectivity index is 2.36. The van der Waals surface area contributed by atoms with Crippen molar-refractivity contribution in [3.05, 3.63) is 23.4 Å². The Morgan fingerprint density at radius 2 is 2.05 bits per heavy atom. The fourth-order valence-electron chi connectivity index (χ4n) is 3.80. The second kappa shape index (κ2) is 5.12. The number of hydrogen-bond donors (Lipinski definition) is 2. The summed E-state index contributed by atoms with van der Waals surface area (Å²) in [6.45, 7) is 8.68. The van der Waals surface area contributed by atoms with Crippen LogP contribution in [0.15, 0.2) is 12.3 Å². The highest BCUT2D eigenvalue weighted by atomic mass is 16.3. The second-order valence-electron chi connectivity index (χ2n) is 6.70. The van der Waals surface area contributed by atoms with Crippen molar-refractivity contribution in [1.29, 1.82) is 0 Å². The first-order valence-corrected chi connectivity index (χ1v) is 7.23. The van der Waals surface area contributed by atoms with E-state index in [4.69, 9.17) is 5.73 Å². The van der Waals surface area contributed by atoms with Gasteiger partial charge in [-0.1, -0.05) is 27.2 Å². The predicted molar refractivity (Wildman–Crippen MR) is 78.9 cm³/mol. The predicted octanol–water partition coefficient (Wildman–Crippen LogP) is 3.05. The van der Waals surface area contributed by atoms with E-state index in [1.54, 1.807) is 6.20 Å². The zero-order valence-corrected chi connectivity index (χ0v) is 12.5. The lowest BCUT2D eigenvalue weighted by molar-refractivity contribution is 0.0143. The maximum Gasteiger partial charge on any atom is 0.127 e. The summed E-state index contributed by atoms with van der Waals surface area (Å²) in [7, 11) is 0. The zero-order chi connectivity index (χ0) is 14.2. The molecule has 0 saturated heterocycles. The fourth-order valence-corrected chi connectivity index (χ4v) is 3.80. The summed E-state index contributed by atoms with van der Waals surface area (Å²) in [4.78, 5) is 4.24. The molecule has 3 atom stereocenters. The quantitative estimate of drug-likeness (QED) is 0.861. The monoisotopic (exact) mass is 262 g/mol. The molecular formula is C16H26N2O. The SMILES string of the molecule is Cc1ccnc(N)c1C(C)(C)C1CCC(C)CC1O. The number of aryl methyl sites for hydroxylation is 1. The van der Waals surface area contributed by atoms with Gasteiger partial charge in [-0.25, -0.2) is 4.98 Å². The number of pyridine rings is 1. The van der Waals surface area contributed by atoms with E-state index in [1.807, 2.05) is 6.07 Å². The van der Waals surface area contributed by atoms with Crippen LogP contribution in [-0.2, 0) is 5.41 Å². The molecule has 1 aliphatic rings. The van der Waals surface area contributed by atoms with Gasteiger partial charge in [-0.2, -0.15) is 0 Å². The Morgan fingerprint density at radius 3 is 2.63 bits per heavy atom. The summed E-state index contributed by atoms with van der Waals surface area (Å²) in [5.74, 6) is 1.49. The average molecular weight is 262 g/mol. The van der Waals surface area contributed by atoms with Crippen LogP contribution in [0, 0.1) is 18.8 Å². The molecule has 3 unspecified atom stereocenters. The molecule has 106 valence electrons. The Bertz CT molecular complexity index is 436. The molecule has 0 spiro atoms. The molecule has 0 bridgehead atoms. The maximum absolute atomic E-state index is 10.5. The summed E-state index contributed by atoms with van der Waals surface area (Å²) in [6.07, 6.45) is 4.66. The number of nitrogens with two attached hydrogens (primary N) is 1. The van der Waals surface area contributed by atoms with Crippen molar-refractivity contribution in [3.8, 4) is 0 Å². The van der Waals surface area contributed by atoms with E-state index in [2.05, 4.69) is 32.7 Å². The Kier molecular flexibility index (Phi) is 3.86. The lowest BCUT2D eigenvalue weighted by Gasteiger charge is -2.43. The van der Waals surface area contributed by atoms with Gasteiger partial charge in [-0.05, 0) is 48.6 Å². The van der Waals surface area contributed by atoms with Gasteiger partial charge in [0.05, 0.1) is 6.10 Å². The third-order valence-corrected chi connectivity index (χ3v) is 4.84. The minimum absolute atomic E-state index is 0.137. The zero-order valence-electron chi connectivity index (χ0n) is 12.5. The van der Waals surface area contributed by atoms with E-state index < -0.39 is 0 Å². The summed E-state index contributed by atoms with van der Waals surface area (Å²) in [5, 5.41) is 10.5. The van der Waals surface area contributed by atoms with Crippen molar-refractivity contribution in [3.63, 3.8) is 0 Å². The van der Waals surface area contributed by atoms with Crippen LogP contribution in [0.1, 0.15) is 51.2 Å². The van der Waals surface area contributed by atoms with E-state index in [0.717, 1.165) is 18.4 Å². The minimum Gasteiger partial charge on any atom is -0.393 e. The largest absolute Gasteiger partial charge is 0.393 e. The third-order valence-electron chi connectivity index (χ3n) is 4.84. The molecule has 19 heavy (non-hydrogen) atoms. The van der Waals surface area contributed by atoms with Crippen LogP contribution in [0.3, 0.4) is 0 Å². The number of rotatable bonds is 2. The van der Waals surface area contributed by atoms with Gasteiger partial charge in [0.2, 0.25) is 0 Å². The molecule has 1 saturated carbocycles. The van der Waals surface area contributed by atoms with Gasteiger partial charge in [0.1, 0.15) is 5.82 Å². The van der Waals surface area contributed by atoms with Crippen LogP contribution < -0.4 is 5.73 Å². The van der Waals surface area contributed by atoms with Crippen LogP contribution in [0.4, 0.5) is 5.82 Å². The van der Waals surface area contributed by atoms with Crippen LogP contribution in [0.5, 0.6) is 0 Å². The molecule has 1 fully saturated rings. The molecule has 0 amide bonds. The minimum atomic E-state index is -0.238. The molecule has 0 aliphatic heterocycles. The number of anilines is 1. The number of nitrogens with zero attached hydrogens (tertiary/aromatic N) is 1. The highest BCUT2D eigenvalue weighted by Crippen LogP contribution is 2.44. The van der Waals surface area contributed by atoms with E-state index >= 15 is 0 Å². The van der Waals surface area contributed by atoms with Crippen molar-refractivity contribution in [2.75, 3.05) is 5.73 Å². The molecule has 0 radical (unpaired) electrons. The Hall–Kier alpha value is -1.09. The normalized spacial score (nSPS) is 28.4. The van der Waals surface area contributed by atoms with Crippen molar-refractivity contribution in [1.82, 2.24) is 4.98 Å². The second-order valence-corrected chi connectivity index (χ2v) is 6.70. The topological polar surface area (TPSA) is 59.1 Å². The number of hydrogen-bond acceptors (Lipinski definition) is 3. The van der Waals surface area contributed by atoms with Gasteiger partial charge in [-0.15, -0.1) is 0 Å². The molecule has 1 aromatic rings. The molecule has 1 aromatic heterocycles. The first-order valence-electron chi connectivity index (χ1n) is 7.23. The third kappa shape index (κ3) is 2.62. The Morgan fingerprint density at radius 1 is 1.37 bits per heavy atom. The smallest absolute Gasteiger partial charge is 0.127 e. The van der Waals surface area contributed by atoms with Crippen LogP contribution in [-0.4, -0.2) is 16.2 Å². The molecule has 1 aliphatic carbocycles. The van der Waals surface area contributed by atoms with Crippen molar-refractivity contribution < 1.29 is 5.11 Å². The van der Waals surface area contributed by atoms with Gasteiger partial charge < -0.3 is 10.8 Å². The Labute approximate surface area is 116 Å². The molecule has 2 rings (SSSR count). The van der Waals surface area contributed by atoms with Crippen molar-refractivity contribution in [2.45, 2.75) is 58.5 Å². The molecule has 1 heterocycles. The van der Waals surface area contributed by atoms with E-state index in [9.17, 15) is 5.11 Å². The van der Waals surface area contributed by atoms with Crippen molar-refractivity contribution >= 4 is 5.82 Å². The van der Waals surface area contributed by atoms with Gasteiger partial charge >= 0.3 is 0 Å². The number of nitrogen functional groups attached to an aromatic ring is 1. The summed E-state index contributed by atoms with van der Waals surface area (Å²) >= 11 is 0. The molecule has 3 heteroatoms. The van der Waals surface area contributed by atoms with Gasteiger partial charge in [0, 0.05) is 11.8 Å². The lowest BCUT2D eigenvalue weighted by atomic mass is 9.64. The highest BCUT2D eigenvalue weighted by Gasteiger charge is 2.41. The van der Waals surface area contributed by atoms with Gasteiger partial charge in [-0.3, -0.25) is 0 Å². The van der Waals surface area contributed by atoms with Crippen molar-refractivity contribution in [2.24, 2.45) is 11.8 Å². The van der Waals surface area contributed by atoms with Crippen LogP contribution in [0.2, 0.25) is 0 Å². The standard InChI is InChI=1S/C16H26N2O/c1-10-5-6-12(13(19)9-10)16(3,4)14-11(2)7-8-18-15(14)17/h7-8,10,12-13,19H,5-6,9H2,1-4H3,(H2,17,18). The van der Waals surface area contributed by atoms with Gasteiger partial charge in [0.15, 0.2) is 0 Å². The summed E-state index contributed by atoms with van der Waals surface area (Å²) in [5.41, 5.74) is 8.23. The summed E-state index contributed by atoms with van der Waals surface area (Å²) < 4.78 is 0. The van der Waals surface area contributed by atoms with E-state index in [1.165, 1.54) is 12.0 Å². The van der Waals surface area contributed by atoms with Gasteiger partial charge in [0.25, 0.3) is 0 Å². The number of aliphatic hydroxyl groups excluding tert-OH is 1. The molecule has 3 N–H and O–H groups in total. The number of aromatic nitrogens is 1. The molecular weight excluding hydrogens is 236 g/mol. The maximum atomic E-state index is 10.5. The van der Waals surface area contributed by atoms with Crippen LogP contribution >= 0.6 is 0 Å². The first-order chi connectivity index (χ1) is 8.84. The van der Waals surface area contributed by atoms with E-state index in [-0.39, 0.29) is 17.4 Å².